The molecule has 7 nitrogen and oxygen atoms in total. The molecule has 2 rings (SSSR count). The minimum Gasteiger partial charge on any atom is -0.465 e. The highest BCUT2D eigenvalue weighted by molar-refractivity contribution is 6.23. The van der Waals surface area contributed by atoms with Crippen molar-refractivity contribution in [3.05, 3.63) is 29.8 Å². The van der Waals surface area contributed by atoms with E-state index in [4.69, 9.17) is 0 Å². The summed E-state index contributed by atoms with van der Waals surface area (Å²) in [6.45, 7) is 11.5. The quantitative estimate of drug-likeness (QED) is 0.571. The summed E-state index contributed by atoms with van der Waals surface area (Å²) < 4.78 is 4.67. The van der Waals surface area contributed by atoms with Crippen molar-refractivity contribution in [2.75, 3.05) is 12.0 Å². The number of ether oxygens (including phenoxy) is 1. The van der Waals surface area contributed by atoms with Gasteiger partial charge in [-0.25, -0.2) is 9.69 Å². The van der Waals surface area contributed by atoms with Gasteiger partial charge in [-0.05, 0) is 50.5 Å². The summed E-state index contributed by atoms with van der Waals surface area (Å²) in [7, 11) is 1.28. The Morgan fingerprint density at radius 1 is 1.07 bits per heavy atom. The molecule has 29 heavy (non-hydrogen) atoms. The third kappa shape index (κ3) is 5.02. The lowest BCUT2D eigenvalue weighted by Crippen LogP contribution is -2.55. The summed E-state index contributed by atoms with van der Waals surface area (Å²) in [5, 5.41) is 0. The maximum Gasteiger partial charge on any atom is 0.337 e. The SMILES string of the molecule is COC(=O)c1ccc(N2C(=O)CC(N(C(=O)CC(C)(C)C)C(C)(C)C)C2=O)cc1. The maximum atomic E-state index is 13.2. The van der Waals surface area contributed by atoms with Gasteiger partial charge in [-0.1, -0.05) is 20.8 Å². The first-order valence-corrected chi connectivity index (χ1v) is 9.63. The zero-order valence-electron chi connectivity index (χ0n) is 18.2. The Labute approximate surface area is 172 Å². The Hall–Kier alpha value is -2.70. The number of carbonyl (C=O) groups is 4. The number of rotatable bonds is 4. The van der Waals surface area contributed by atoms with Crippen LogP contribution in [0.4, 0.5) is 5.69 Å². The van der Waals surface area contributed by atoms with Crippen molar-refractivity contribution in [2.45, 2.75) is 66.0 Å². The normalized spacial score (nSPS) is 17.5. The van der Waals surface area contributed by atoms with Crippen molar-refractivity contribution in [1.29, 1.82) is 0 Å². The van der Waals surface area contributed by atoms with Gasteiger partial charge < -0.3 is 9.64 Å². The third-order valence-corrected chi connectivity index (χ3v) is 4.65. The highest BCUT2D eigenvalue weighted by atomic mass is 16.5. The van der Waals surface area contributed by atoms with E-state index < -0.39 is 23.5 Å². The van der Waals surface area contributed by atoms with Crippen molar-refractivity contribution < 1.29 is 23.9 Å². The molecule has 0 bridgehead atoms. The van der Waals surface area contributed by atoms with Crippen LogP contribution in [0.2, 0.25) is 0 Å². The van der Waals surface area contributed by atoms with E-state index in [0.29, 0.717) is 11.3 Å². The summed E-state index contributed by atoms with van der Waals surface area (Å²) in [4.78, 5) is 53.1. The van der Waals surface area contributed by atoms with Crippen LogP contribution in [0.1, 0.15) is 64.7 Å². The van der Waals surface area contributed by atoms with Gasteiger partial charge in [-0.2, -0.15) is 0 Å². The van der Waals surface area contributed by atoms with Gasteiger partial charge in [0.2, 0.25) is 11.8 Å². The molecule has 0 aliphatic carbocycles. The molecule has 1 aliphatic rings. The topological polar surface area (TPSA) is 84.0 Å². The molecule has 1 saturated heterocycles. The minimum atomic E-state index is -0.849. The van der Waals surface area contributed by atoms with Crippen LogP contribution in [0.25, 0.3) is 0 Å². The lowest BCUT2D eigenvalue weighted by Gasteiger charge is -2.40. The average Bonchev–Trinajstić information content (AvgIpc) is 2.85. The van der Waals surface area contributed by atoms with E-state index in [2.05, 4.69) is 4.74 Å². The zero-order valence-corrected chi connectivity index (χ0v) is 18.2. The molecule has 1 aromatic rings. The second-order valence-electron chi connectivity index (χ2n) is 9.50. The Balaban J connectivity index is 2.34. The highest BCUT2D eigenvalue weighted by Gasteiger charge is 2.47. The van der Waals surface area contributed by atoms with Crippen molar-refractivity contribution in [3.63, 3.8) is 0 Å². The molecule has 158 valence electrons. The summed E-state index contributed by atoms with van der Waals surface area (Å²) in [5.41, 5.74) is -0.167. The summed E-state index contributed by atoms with van der Waals surface area (Å²) in [5.74, 6) is -1.46. The van der Waals surface area contributed by atoms with Gasteiger partial charge in [0.15, 0.2) is 0 Å². The second kappa shape index (κ2) is 7.97. The van der Waals surface area contributed by atoms with E-state index in [-0.39, 0.29) is 30.1 Å². The zero-order chi connectivity index (χ0) is 22.1. The minimum absolute atomic E-state index is 0.0647. The van der Waals surface area contributed by atoms with Crippen molar-refractivity contribution in [3.8, 4) is 0 Å². The molecule has 1 heterocycles. The van der Waals surface area contributed by atoms with Crippen LogP contribution in [-0.4, -0.2) is 47.3 Å². The number of imide groups is 1. The molecule has 1 fully saturated rings. The molecule has 0 radical (unpaired) electrons. The van der Waals surface area contributed by atoms with Gasteiger partial charge in [0.25, 0.3) is 5.91 Å². The molecule has 0 N–H and O–H groups in total. The lowest BCUT2D eigenvalue weighted by atomic mass is 9.89. The second-order valence-corrected chi connectivity index (χ2v) is 9.50. The van der Waals surface area contributed by atoms with Crippen molar-refractivity contribution in [1.82, 2.24) is 4.90 Å². The largest absolute Gasteiger partial charge is 0.465 e. The first-order valence-electron chi connectivity index (χ1n) is 9.63. The fourth-order valence-corrected chi connectivity index (χ4v) is 3.51. The molecule has 7 heteroatoms. The van der Waals surface area contributed by atoms with E-state index in [1.54, 1.807) is 4.90 Å². The summed E-state index contributed by atoms with van der Waals surface area (Å²) in [6, 6.07) is 5.21. The molecule has 1 aliphatic heterocycles. The number of hydrogen-bond donors (Lipinski definition) is 0. The number of methoxy groups -OCH3 is 1. The van der Waals surface area contributed by atoms with Gasteiger partial charge in [-0.15, -0.1) is 0 Å². The van der Waals surface area contributed by atoms with Crippen LogP contribution in [0.15, 0.2) is 24.3 Å². The van der Waals surface area contributed by atoms with Crippen molar-refractivity contribution >= 4 is 29.4 Å². The van der Waals surface area contributed by atoms with Crippen LogP contribution in [0.5, 0.6) is 0 Å². The highest BCUT2D eigenvalue weighted by Crippen LogP contribution is 2.32. The van der Waals surface area contributed by atoms with Gasteiger partial charge in [0.05, 0.1) is 24.8 Å². The third-order valence-electron chi connectivity index (χ3n) is 4.65. The number of amides is 3. The molecular formula is C22H30N2O5. The Morgan fingerprint density at radius 3 is 2.07 bits per heavy atom. The molecule has 1 atom stereocenters. The van der Waals surface area contributed by atoms with E-state index in [1.807, 2.05) is 41.5 Å². The number of nitrogens with zero attached hydrogens (tertiary/aromatic N) is 2. The number of carbonyl (C=O) groups excluding carboxylic acids is 4. The lowest BCUT2D eigenvalue weighted by molar-refractivity contribution is -0.145. The number of anilines is 1. The van der Waals surface area contributed by atoms with Crippen LogP contribution in [0, 0.1) is 5.41 Å². The van der Waals surface area contributed by atoms with E-state index in [1.165, 1.54) is 31.4 Å². The van der Waals surface area contributed by atoms with Crippen LogP contribution < -0.4 is 4.90 Å². The van der Waals surface area contributed by atoms with Crippen LogP contribution in [0.3, 0.4) is 0 Å². The molecule has 0 spiro atoms. The van der Waals surface area contributed by atoms with Gasteiger partial charge in [0, 0.05) is 12.0 Å². The monoisotopic (exact) mass is 402 g/mol. The fraction of sp³-hybridized carbons (Fsp3) is 0.545. The maximum absolute atomic E-state index is 13.2. The van der Waals surface area contributed by atoms with Gasteiger partial charge >= 0.3 is 5.97 Å². The number of benzene rings is 1. The smallest absolute Gasteiger partial charge is 0.337 e. The van der Waals surface area contributed by atoms with Gasteiger partial charge in [0.1, 0.15) is 6.04 Å². The number of esters is 1. The molecule has 0 aromatic heterocycles. The van der Waals surface area contributed by atoms with E-state index in [0.717, 1.165) is 4.90 Å². The fourth-order valence-electron chi connectivity index (χ4n) is 3.51. The number of hydrogen-bond acceptors (Lipinski definition) is 5. The predicted octanol–water partition coefficient (Wildman–Crippen LogP) is 3.17. The molecule has 3 amide bonds. The van der Waals surface area contributed by atoms with Crippen molar-refractivity contribution in [2.24, 2.45) is 5.41 Å². The Morgan fingerprint density at radius 2 is 1.62 bits per heavy atom. The first-order chi connectivity index (χ1) is 13.3. The van der Waals surface area contributed by atoms with Crippen LogP contribution in [-0.2, 0) is 19.1 Å². The Kier molecular flexibility index (Phi) is 6.21. The molecule has 0 saturated carbocycles. The van der Waals surface area contributed by atoms with Gasteiger partial charge in [-0.3, -0.25) is 14.4 Å². The molecular weight excluding hydrogens is 372 g/mol. The Bertz CT molecular complexity index is 815. The summed E-state index contributed by atoms with van der Waals surface area (Å²) in [6.07, 6.45) is 0.209. The standard InChI is InChI=1S/C22H30N2O5/c1-21(2,3)13-18(26)24(22(4,5)6)16-12-17(25)23(19(16)27)15-10-8-14(9-11-15)20(28)29-7/h8-11,16H,12-13H2,1-7H3. The first kappa shape index (κ1) is 22.6. The molecule has 1 aromatic carbocycles. The van der Waals surface area contributed by atoms with Crippen LogP contribution >= 0.6 is 0 Å². The van der Waals surface area contributed by atoms with E-state index in [9.17, 15) is 19.2 Å². The van der Waals surface area contributed by atoms with E-state index >= 15 is 0 Å². The molecule has 1 unspecified atom stereocenters. The summed E-state index contributed by atoms with van der Waals surface area (Å²) >= 11 is 0. The predicted molar refractivity (Wildman–Crippen MR) is 109 cm³/mol. The average molecular weight is 402 g/mol.